The summed E-state index contributed by atoms with van der Waals surface area (Å²) in [5.41, 5.74) is 4.98. The maximum absolute atomic E-state index is 8.61. The highest BCUT2D eigenvalue weighted by molar-refractivity contribution is 5.37. The van der Waals surface area contributed by atoms with Crippen LogP contribution in [-0.4, -0.2) is 12.8 Å². The van der Waals surface area contributed by atoms with Crippen LogP contribution in [0.25, 0.3) is 0 Å². The fourth-order valence-corrected chi connectivity index (χ4v) is 0.804. The Morgan fingerprint density at radius 1 is 1.82 bits per heavy atom. The van der Waals surface area contributed by atoms with Crippen molar-refractivity contribution in [3.05, 3.63) is 24.0 Å². The average molecular weight is 151 g/mol. The van der Waals surface area contributed by atoms with Gasteiger partial charge in [0.2, 0.25) is 0 Å². The Labute approximate surface area is 64.9 Å². The molecule has 0 aromatic rings. The molecule has 1 aliphatic rings. The van der Waals surface area contributed by atoms with Crippen LogP contribution in [0.2, 0.25) is 0 Å². The molecule has 3 N–H and O–H groups in total. The van der Waals surface area contributed by atoms with Gasteiger partial charge in [-0.05, 0) is 6.08 Å². The Morgan fingerprint density at radius 3 is 3.00 bits per heavy atom. The minimum atomic E-state index is -1.06. The monoisotopic (exact) mass is 151 g/mol. The van der Waals surface area contributed by atoms with Crippen molar-refractivity contribution in [2.75, 3.05) is 7.11 Å². The van der Waals surface area contributed by atoms with Crippen molar-refractivity contribution in [1.82, 2.24) is 5.32 Å². The maximum Gasteiger partial charge on any atom is 0.174 e. The summed E-state index contributed by atoms with van der Waals surface area (Å²) in [6.45, 7) is 0. The van der Waals surface area contributed by atoms with Crippen LogP contribution < -0.4 is 11.1 Å². The van der Waals surface area contributed by atoms with Gasteiger partial charge >= 0.3 is 0 Å². The molecular weight excluding hydrogens is 142 g/mol. The van der Waals surface area contributed by atoms with Gasteiger partial charge in [-0.3, -0.25) is 5.73 Å². The first kappa shape index (κ1) is 7.79. The number of nitrogens with two attached hydrogens (primary N) is 1. The summed E-state index contributed by atoms with van der Waals surface area (Å²) in [6.07, 6.45) is 4.74. The van der Waals surface area contributed by atoms with Gasteiger partial charge in [0.05, 0.1) is 5.57 Å². The number of methoxy groups -OCH3 is 1. The van der Waals surface area contributed by atoms with Crippen LogP contribution >= 0.6 is 0 Å². The number of hydrogen-bond donors (Lipinski definition) is 2. The van der Waals surface area contributed by atoms with Crippen LogP contribution in [0.5, 0.6) is 0 Å². The maximum atomic E-state index is 8.61. The van der Waals surface area contributed by atoms with E-state index in [9.17, 15) is 0 Å². The zero-order chi connectivity index (χ0) is 8.32. The third kappa shape index (κ3) is 1.24. The minimum Gasteiger partial charge on any atom is -0.367 e. The highest BCUT2D eigenvalue weighted by atomic mass is 16.5. The lowest BCUT2D eigenvalue weighted by Crippen LogP contribution is -2.43. The van der Waals surface area contributed by atoms with Gasteiger partial charge in [-0.1, -0.05) is 0 Å². The lowest BCUT2D eigenvalue weighted by atomic mass is 10.0. The number of nitrogens with zero attached hydrogens (tertiary/aromatic N) is 1. The lowest BCUT2D eigenvalue weighted by molar-refractivity contribution is 0.0715. The molecule has 0 bridgehead atoms. The number of rotatable bonds is 1. The molecule has 58 valence electrons. The Bertz CT molecular complexity index is 251. The molecular formula is C7H9N3O. The van der Waals surface area contributed by atoms with E-state index >= 15 is 0 Å². The van der Waals surface area contributed by atoms with Gasteiger partial charge in [0, 0.05) is 19.5 Å². The molecule has 0 aromatic carbocycles. The topological polar surface area (TPSA) is 71.1 Å². The number of nitriles is 1. The lowest BCUT2D eigenvalue weighted by Gasteiger charge is -2.25. The highest BCUT2D eigenvalue weighted by Gasteiger charge is 2.28. The van der Waals surface area contributed by atoms with E-state index in [0.29, 0.717) is 5.57 Å². The number of ether oxygens (including phenoxy) is 1. The van der Waals surface area contributed by atoms with Gasteiger partial charge in [0.1, 0.15) is 6.07 Å². The van der Waals surface area contributed by atoms with E-state index in [2.05, 4.69) is 5.32 Å². The molecule has 0 aromatic heterocycles. The van der Waals surface area contributed by atoms with Gasteiger partial charge in [-0.25, -0.2) is 0 Å². The van der Waals surface area contributed by atoms with E-state index in [1.165, 1.54) is 13.3 Å². The summed E-state index contributed by atoms with van der Waals surface area (Å²) in [6, 6.07) is 1.94. The second kappa shape index (κ2) is 2.74. The molecule has 0 saturated carbocycles. The summed E-state index contributed by atoms with van der Waals surface area (Å²) >= 11 is 0. The van der Waals surface area contributed by atoms with E-state index in [1.54, 1.807) is 12.3 Å². The first-order chi connectivity index (χ1) is 5.23. The summed E-state index contributed by atoms with van der Waals surface area (Å²) in [5, 5.41) is 11.4. The van der Waals surface area contributed by atoms with Crippen LogP contribution in [0.4, 0.5) is 0 Å². The smallest absolute Gasteiger partial charge is 0.174 e. The quantitative estimate of drug-likeness (QED) is 0.510. The van der Waals surface area contributed by atoms with Gasteiger partial charge in [-0.15, -0.1) is 0 Å². The van der Waals surface area contributed by atoms with Crippen molar-refractivity contribution in [3.63, 3.8) is 0 Å². The Kier molecular flexibility index (Phi) is 1.94. The molecule has 0 fully saturated rings. The second-order valence-corrected chi connectivity index (χ2v) is 2.17. The molecule has 11 heavy (non-hydrogen) atoms. The van der Waals surface area contributed by atoms with Crippen molar-refractivity contribution < 1.29 is 4.74 Å². The Balaban J connectivity index is 2.94. The van der Waals surface area contributed by atoms with E-state index in [-0.39, 0.29) is 0 Å². The van der Waals surface area contributed by atoms with Crippen LogP contribution in [-0.2, 0) is 4.74 Å². The van der Waals surface area contributed by atoms with Crippen LogP contribution in [0.15, 0.2) is 24.0 Å². The summed E-state index contributed by atoms with van der Waals surface area (Å²) in [5.74, 6) is 0. The van der Waals surface area contributed by atoms with Gasteiger partial charge in [0.15, 0.2) is 5.72 Å². The predicted octanol–water partition coefficient (Wildman–Crippen LogP) is -0.188. The molecule has 0 saturated heterocycles. The molecule has 0 aliphatic carbocycles. The van der Waals surface area contributed by atoms with Crippen molar-refractivity contribution in [1.29, 1.82) is 5.26 Å². The summed E-state index contributed by atoms with van der Waals surface area (Å²) < 4.78 is 4.94. The third-order valence-electron chi connectivity index (χ3n) is 1.53. The molecule has 1 rings (SSSR count). The van der Waals surface area contributed by atoms with Gasteiger partial charge < -0.3 is 10.1 Å². The number of dihydropyridines is 1. The van der Waals surface area contributed by atoms with Crippen LogP contribution in [0.1, 0.15) is 0 Å². The normalized spacial score (nSPS) is 28.6. The molecule has 0 spiro atoms. The van der Waals surface area contributed by atoms with E-state index in [1.807, 2.05) is 6.07 Å². The molecule has 4 heteroatoms. The van der Waals surface area contributed by atoms with E-state index in [4.69, 9.17) is 15.7 Å². The highest BCUT2D eigenvalue weighted by Crippen LogP contribution is 2.17. The fraction of sp³-hybridized carbons (Fsp3) is 0.286. The number of hydrogen-bond acceptors (Lipinski definition) is 4. The zero-order valence-corrected chi connectivity index (χ0v) is 6.16. The third-order valence-corrected chi connectivity index (χ3v) is 1.53. The minimum absolute atomic E-state index is 0.363. The standard InChI is InChI=1S/C7H9N3O/c1-11-7(9)2-3-10-5-6(7)4-8/h2-3,5,10H,9H2,1H3. The van der Waals surface area contributed by atoms with Crippen molar-refractivity contribution in [3.8, 4) is 6.07 Å². The average Bonchev–Trinajstić information content (AvgIpc) is 2.05. The Hall–Kier alpha value is -1.31. The molecule has 1 aliphatic heterocycles. The zero-order valence-electron chi connectivity index (χ0n) is 6.16. The van der Waals surface area contributed by atoms with E-state index in [0.717, 1.165) is 0 Å². The predicted molar refractivity (Wildman–Crippen MR) is 39.9 cm³/mol. The fourth-order valence-electron chi connectivity index (χ4n) is 0.804. The van der Waals surface area contributed by atoms with Gasteiger partial charge in [0.25, 0.3) is 0 Å². The summed E-state index contributed by atoms with van der Waals surface area (Å²) in [4.78, 5) is 0. The Morgan fingerprint density at radius 2 is 2.55 bits per heavy atom. The largest absolute Gasteiger partial charge is 0.367 e. The van der Waals surface area contributed by atoms with Crippen LogP contribution in [0.3, 0.4) is 0 Å². The van der Waals surface area contributed by atoms with Crippen LogP contribution in [0, 0.1) is 11.3 Å². The summed E-state index contributed by atoms with van der Waals surface area (Å²) in [7, 11) is 1.46. The second-order valence-electron chi connectivity index (χ2n) is 2.17. The molecule has 1 atom stereocenters. The first-order valence-corrected chi connectivity index (χ1v) is 3.11. The first-order valence-electron chi connectivity index (χ1n) is 3.11. The van der Waals surface area contributed by atoms with E-state index < -0.39 is 5.72 Å². The number of nitrogens with one attached hydrogen (secondary N) is 1. The molecule has 1 heterocycles. The van der Waals surface area contributed by atoms with Crippen molar-refractivity contribution in [2.45, 2.75) is 5.72 Å². The van der Waals surface area contributed by atoms with Crippen molar-refractivity contribution in [2.24, 2.45) is 5.73 Å². The molecule has 4 nitrogen and oxygen atoms in total. The SMILES string of the molecule is COC1(N)C=CNC=C1C#N. The molecule has 0 amide bonds. The molecule has 1 unspecified atom stereocenters. The van der Waals surface area contributed by atoms with Gasteiger partial charge in [-0.2, -0.15) is 5.26 Å². The molecule has 0 radical (unpaired) electrons. The van der Waals surface area contributed by atoms with Crippen molar-refractivity contribution >= 4 is 0 Å².